The molecule has 0 aromatic heterocycles. The third-order valence-corrected chi connectivity index (χ3v) is 0.789. The van der Waals surface area contributed by atoms with Crippen molar-refractivity contribution < 1.29 is 4.79 Å². The molecule has 1 radical (unpaired) electrons. The van der Waals surface area contributed by atoms with E-state index in [1.54, 1.807) is 0 Å². The first-order valence-corrected chi connectivity index (χ1v) is 2.33. The van der Waals surface area contributed by atoms with Crippen molar-refractivity contribution >= 4 is 5.78 Å². The van der Waals surface area contributed by atoms with Gasteiger partial charge < -0.3 is 0 Å². The van der Waals surface area contributed by atoms with Crippen LogP contribution in [0.15, 0.2) is 0 Å². The van der Waals surface area contributed by atoms with E-state index >= 15 is 0 Å². The summed E-state index contributed by atoms with van der Waals surface area (Å²) in [4.78, 5) is 10.2. The van der Waals surface area contributed by atoms with Gasteiger partial charge in [-0.3, -0.25) is 4.79 Å². The van der Waals surface area contributed by atoms with Gasteiger partial charge in [-0.05, 0) is 0 Å². The summed E-state index contributed by atoms with van der Waals surface area (Å²) in [6.45, 7) is 3.76. The smallest absolute Gasteiger partial charge is 0.132 e. The van der Waals surface area contributed by atoms with E-state index in [2.05, 4.69) is 0 Å². The lowest BCUT2D eigenvalue weighted by atomic mass is 10.3. The number of carbonyl (C=O) groups is 1. The molecular weight excluding hydrogens is 88.1 g/mol. The molecular formula is C6H13O. The number of rotatable bonds is 2. The van der Waals surface area contributed by atoms with Crippen LogP contribution in [0.2, 0.25) is 0 Å². The monoisotopic (exact) mass is 101 g/mol. The van der Waals surface area contributed by atoms with Gasteiger partial charge in [-0.2, -0.15) is 0 Å². The molecule has 0 fully saturated rings. The van der Waals surface area contributed by atoms with Crippen LogP contribution in [0, 0.1) is 7.43 Å². The molecule has 7 heavy (non-hydrogen) atoms. The lowest BCUT2D eigenvalue weighted by molar-refractivity contribution is -0.118. The van der Waals surface area contributed by atoms with Gasteiger partial charge in [0.1, 0.15) is 5.78 Å². The van der Waals surface area contributed by atoms with E-state index in [0.717, 1.165) is 0 Å². The van der Waals surface area contributed by atoms with Crippen LogP contribution in [0.25, 0.3) is 0 Å². The normalized spacial score (nSPS) is 7.14. The highest BCUT2D eigenvalue weighted by atomic mass is 16.1. The average molecular weight is 101 g/mol. The zero-order valence-electron chi connectivity index (χ0n) is 5.32. The summed E-state index contributed by atoms with van der Waals surface area (Å²) in [5, 5.41) is 0. The van der Waals surface area contributed by atoms with Crippen molar-refractivity contribution in [1.82, 2.24) is 0 Å². The van der Waals surface area contributed by atoms with Crippen molar-refractivity contribution in [2.75, 3.05) is 0 Å². The maximum Gasteiger partial charge on any atom is 0.132 e. The minimum atomic E-state index is 0. The minimum absolute atomic E-state index is 0. The van der Waals surface area contributed by atoms with Crippen molar-refractivity contribution in [3.63, 3.8) is 0 Å². The lowest BCUT2D eigenvalue weighted by Crippen LogP contribution is -1.88. The number of Topliss-reactive ketones (excluding diaryl/α,β-unsaturated/α-hetero) is 1. The fourth-order valence-corrected chi connectivity index (χ4v) is 0.250. The van der Waals surface area contributed by atoms with Crippen molar-refractivity contribution in [1.29, 1.82) is 0 Å². The first-order chi connectivity index (χ1) is 2.81. The third kappa shape index (κ3) is 5.67. The van der Waals surface area contributed by atoms with Crippen LogP contribution in [0.3, 0.4) is 0 Å². The predicted molar refractivity (Wildman–Crippen MR) is 32.0 cm³/mol. The molecule has 43 valence electrons. The van der Waals surface area contributed by atoms with Crippen molar-refractivity contribution in [3.8, 4) is 0 Å². The average Bonchev–Trinajstić information content (AvgIpc) is 1.65. The largest absolute Gasteiger partial charge is 0.300 e. The van der Waals surface area contributed by atoms with Crippen LogP contribution >= 0.6 is 0 Å². The highest BCUT2D eigenvalue weighted by Crippen LogP contribution is 1.82. The van der Waals surface area contributed by atoms with Crippen LogP contribution in [0.5, 0.6) is 0 Å². The maximum atomic E-state index is 10.2. The Balaban J connectivity index is 0. The molecule has 0 bridgehead atoms. The first kappa shape index (κ1) is 9.83. The van der Waals surface area contributed by atoms with Gasteiger partial charge in [-0.25, -0.2) is 0 Å². The minimum Gasteiger partial charge on any atom is -0.300 e. The highest BCUT2D eigenvalue weighted by molar-refractivity contribution is 5.77. The second kappa shape index (κ2) is 5.67. The second-order valence-electron chi connectivity index (χ2n) is 1.25. The number of ketones is 1. The van der Waals surface area contributed by atoms with Gasteiger partial charge in [0.25, 0.3) is 0 Å². The Morgan fingerprint density at radius 3 is 1.57 bits per heavy atom. The zero-order chi connectivity index (χ0) is 4.99. The molecule has 0 aliphatic rings. The summed E-state index contributed by atoms with van der Waals surface area (Å²) in [5.41, 5.74) is 0. The fourth-order valence-electron chi connectivity index (χ4n) is 0.250. The lowest BCUT2D eigenvalue weighted by Gasteiger charge is -1.81. The molecule has 0 amide bonds. The number of carbonyl (C=O) groups excluding carboxylic acids is 1. The van der Waals surface area contributed by atoms with E-state index in [1.165, 1.54) is 0 Å². The molecule has 0 atom stereocenters. The van der Waals surface area contributed by atoms with Crippen LogP contribution < -0.4 is 0 Å². The van der Waals surface area contributed by atoms with Crippen molar-refractivity contribution in [2.45, 2.75) is 26.7 Å². The summed E-state index contributed by atoms with van der Waals surface area (Å²) in [6, 6.07) is 0. The summed E-state index contributed by atoms with van der Waals surface area (Å²) >= 11 is 0. The van der Waals surface area contributed by atoms with E-state index in [4.69, 9.17) is 0 Å². The summed E-state index contributed by atoms with van der Waals surface area (Å²) < 4.78 is 0. The molecule has 0 aromatic carbocycles. The molecule has 0 unspecified atom stereocenters. The first-order valence-electron chi connectivity index (χ1n) is 2.33. The Labute approximate surface area is 45.7 Å². The predicted octanol–water partition coefficient (Wildman–Crippen LogP) is 1.83. The SMILES string of the molecule is CCC(=O)CC.[CH3]. The quantitative estimate of drug-likeness (QED) is 0.518. The van der Waals surface area contributed by atoms with Gasteiger partial charge in [-0.15, -0.1) is 0 Å². The van der Waals surface area contributed by atoms with Gasteiger partial charge in [0.15, 0.2) is 0 Å². The molecule has 0 saturated carbocycles. The molecule has 0 aliphatic carbocycles. The van der Waals surface area contributed by atoms with E-state index in [1.807, 2.05) is 13.8 Å². The molecule has 1 heteroatoms. The molecule has 0 spiro atoms. The Bertz CT molecular complexity index is 42.1. The molecule has 0 rings (SSSR count). The highest BCUT2D eigenvalue weighted by Gasteiger charge is 1.86. The van der Waals surface area contributed by atoms with Gasteiger partial charge in [0.05, 0.1) is 0 Å². The van der Waals surface area contributed by atoms with E-state index in [0.29, 0.717) is 18.6 Å². The summed E-state index contributed by atoms with van der Waals surface area (Å²) in [5.74, 6) is 0.343. The molecule has 0 N–H and O–H groups in total. The summed E-state index contributed by atoms with van der Waals surface area (Å²) in [7, 11) is 0. The fraction of sp³-hybridized carbons (Fsp3) is 0.667. The molecule has 0 aromatic rings. The van der Waals surface area contributed by atoms with Crippen LogP contribution in [0.4, 0.5) is 0 Å². The van der Waals surface area contributed by atoms with Gasteiger partial charge in [0, 0.05) is 12.8 Å². The number of hydrogen-bond acceptors (Lipinski definition) is 1. The zero-order valence-corrected chi connectivity index (χ0v) is 5.32. The van der Waals surface area contributed by atoms with Gasteiger partial charge in [-0.1, -0.05) is 21.3 Å². The molecule has 0 saturated heterocycles. The van der Waals surface area contributed by atoms with Crippen LogP contribution in [-0.4, -0.2) is 5.78 Å². The van der Waals surface area contributed by atoms with Crippen LogP contribution in [0.1, 0.15) is 26.7 Å². The van der Waals surface area contributed by atoms with E-state index in [-0.39, 0.29) is 7.43 Å². The molecule has 0 heterocycles. The third-order valence-electron chi connectivity index (χ3n) is 0.789. The standard InChI is InChI=1S/C5H10O.CH3/c1-3-5(6)4-2;/h3-4H2,1-2H3;1H3. The van der Waals surface area contributed by atoms with Crippen molar-refractivity contribution in [3.05, 3.63) is 7.43 Å². The maximum absolute atomic E-state index is 10.2. The van der Waals surface area contributed by atoms with E-state index in [9.17, 15) is 4.79 Å². The Kier molecular flexibility index (Phi) is 7.96. The Morgan fingerprint density at radius 2 is 1.57 bits per heavy atom. The van der Waals surface area contributed by atoms with Gasteiger partial charge in [0.2, 0.25) is 0 Å². The molecule has 1 nitrogen and oxygen atoms in total. The number of hydrogen-bond donors (Lipinski definition) is 0. The topological polar surface area (TPSA) is 17.1 Å². The van der Waals surface area contributed by atoms with E-state index < -0.39 is 0 Å². The molecule has 0 aliphatic heterocycles. The second-order valence-corrected chi connectivity index (χ2v) is 1.25. The van der Waals surface area contributed by atoms with Crippen molar-refractivity contribution in [2.24, 2.45) is 0 Å². The Hall–Kier alpha value is -0.330. The summed E-state index contributed by atoms with van der Waals surface area (Å²) in [6.07, 6.45) is 1.38. The van der Waals surface area contributed by atoms with Crippen LogP contribution in [-0.2, 0) is 4.79 Å². The van der Waals surface area contributed by atoms with Gasteiger partial charge >= 0.3 is 0 Å². The Morgan fingerprint density at radius 1 is 1.29 bits per heavy atom.